The van der Waals surface area contributed by atoms with E-state index in [9.17, 15) is 4.39 Å². The third kappa shape index (κ3) is 3.43. The minimum absolute atomic E-state index is 0.0334. The van der Waals surface area contributed by atoms with Gasteiger partial charge in [0.15, 0.2) is 0 Å². The summed E-state index contributed by atoms with van der Waals surface area (Å²) in [5.41, 5.74) is 18.2. The third-order valence-corrected chi connectivity index (χ3v) is 11.1. The molecule has 48 heavy (non-hydrogen) atoms. The van der Waals surface area contributed by atoms with Crippen molar-refractivity contribution in [2.24, 2.45) is 7.05 Å². The van der Waals surface area contributed by atoms with E-state index in [4.69, 9.17) is 0 Å². The molecule has 0 amide bonds. The smallest absolute Gasteiger partial charge is 0.273 e. The monoisotopic (exact) mass is 621 g/mol. The van der Waals surface area contributed by atoms with E-state index in [1.54, 1.807) is 12.1 Å². The molecule has 0 spiro atoms. The molecule has 230 valence electrons. The van der Waals surface area contributed by atoms with Crippen LogP contribution in [0.25, 0.3) is 22.0 Å². The first kappa shape index (κ1) is 27.6. The molecule has 6 aromatic carbocycles. The van der Waals surface area contributed by atoms with E-state index < -0.39 is 0 Å². The third-order valence-electron chi connectivity index (χ3n) is 11.1. The molecule has 1 aromatic heterocycles. The van der Waals surface area contributed by atoms with Crippen molar-refractivity contribution in [1.29, 1.82) is 0 Å². The topological polar surface area (TPSA) is 11.4 Å². The van der Waals surface area contributed by atoms with Crippen molar-refractivity contribution in [2.45, 2.75) is 26.2 Å². The molecule has 7 aromatic rings. The number of rotatable bonds is 2. The highest BCUT2D eigenvalue weighted by Crippen LogP contribution is 2.52. The summed E-state index contributed by atoms with van der Waals surface area (Å²) in [5, 5.41) is 1.24. The van der Waals surface area contributed by atoms with E-state index in [-0.39, 0.29) is 17.9 Å². The first-order valence-electron chi connectivity index (χ1n) is 16.7. The summed E-state index contributed by atoms with van der Waals surface area (Å²) in [6, 6.07) is 45.0. The van der Waals surface area contributed by atoms with Crippen LogP contribution in [0.5, 0.6) is 0 Å². The number of benzene rings is 6. The second kappa shape index (κ2) is 9.51. The second-order valence-electron chi connectivity index (χ2n) is 14.0. The summed E-state index contributed by atoms with van der Waals surface area (Å²) in [4.78, 5) is 4.83. The van der Waals surface area contributed by atoms with Crippen LogP contribution in [-0.4, -0.2) is 11.3 Å². The number of hydrogen-bond donors (Lipinski definition) is 0. The first-order valence-corrected chi connectivity index (χ1v) is 16.7. The van der Waals surface area contributed by atoms with Gasteiger partial charge in [0.25, 0.3) is 6.71 Å². The van der Waals surface area contributed by atoms with Gasteiger partial charge in [0.05, 0.1) is 5.69 Å². The Kier molecular flexibility index (Phi) is 5.46. The molecule has 0 unspecified atom stereocenters. The molecular formula is C43H33BFN3. The van der Waals surface area contributed by atoms with E-state index in [1.807, 2.05) is 12.1 Å². The van der Waals surface area contributed by atoms with E-state index in [2.05, 4.69) is 145 Å². The SMILES string of the molecule is Cc1ccc(N2c3cccc4c3B(c3c(ccc5c3-c3ccccc3C5(C)C)N4c3ccc(F)cc3)c3c2c2ccccc2n3C)cc1. The molecule has 2 aliphatic heterocycles. The Labute approximate surface area is 280 Å². The number of aryl methyl sites for hydroxylation is 2. The van der Waals surface area contributed by atoms with Gasteiger partial charge in [-0.25, -0.2) is 4.39 Å². The standard InChI is InChI=1S/C43H33BFN3/c1-26-16-20-29(21-17-26)48-36-15-9-14-35-39(36)44(42-41(48)31-11-6-8-13-34(31)46(42)4)40-37(47(35)28-22-18-27(45)19-23-28)25-24-33-38(40)30-10-5-7-12-32(30)43(33,2)3/h5-25H,1-4H3. The molecule has 0 saturated heterocycles. The van der Waals surface area contributed by atoms with Gasteiger partial charge in [0.2, 0.25) is 0 Å². The summed E-state index contributed by atoms with van der Waals surface area (Å²) < 4.78 is 16.8. The van der Waals surface area contributed by atoms with Crippen molar-refractivity contribution < 1.29 is 4.39 Å². The number of fused-ring (bicyclic) bond motifs is 10. The zero-order valence-electron chi connectivity index (χ0n) is 27.4. The average molecular weight is 622 g/mol. The summed E-state index contributed by atoms with van der Waals surface area (Å²) in [5.74, 6) is -0.237. The van der Waals surface area contributed by atoms with Crippen LogP contribution in [0.3, 0.4) is 0 Å². The van der Waals surface area contributed by atoms with Crippen molar-refractivity contribution >= 4 is 68.3 Å². The van der Waals surface area contributed by atoms with Crippen LogP contribution in [0.4, 0.5) is 38.5 Å². The molecule has 3 aliphatic rings. The molecule has 5 heteroatoms. The summed E-state index contributed by atoms with van der Waals surface area (Å²) in [7, 11) is 2.23. The highest BCUT2D eigenvalue weighted by Gasteiger charge is 2.49. The van der Waals surface area contributed by atoms with Gasteiger partial charge >= 0.3 is 0 Å². The second-order valence-corrected chi connectivity index (χ2v) is 14.0. The molecule has 0 saturated carbocycles. The quantitative estimate of drug-likeness (QED) is 0.179. The molecule has 0 N–H and O–H groups in total. The van der Waals surface area contributed by atoms with Crippen LogP contribution in [0.1, 0.15) is 30.5 Å². The summed E-state index contributed by atoms with van der Waals surface area (Å²) in [6.45, 7) is 6.81. The lowest BCUT2D eigenvalue weighted by Crippen LogP contribution is -2.63. The van der Waals surface area contributed by atoms with Crippen LogP contribution in [0, 0.1) is 12.7 Å². The van der Waals surface area contributed by atoms with Crippen LogP contribution >= 0.6 is 0 Å². The lowest BCUT2D eigenvalue weighted by molar-refractivity contribution is 0.628. The van der Waals surface area contributed by atoms with Crippen LogP contribution in [0.15, 0.2) is 127 Å². The molecule has 0 fully saturated rings. The Hall–Kier alpha value is -5.55. The number of aromatic nitrogens is 1. The summed E-state index contributed by atoms with van der Waals surface area (Å²) in [6.07, 6.45) is 0. The molecule has 1 aliphatic carbocycles. The van der Waals surface area contributed by atoms with Crippen molar-refractivity contribution in [3.8, 4) is 11.1 Å². The number of hydrogen-bond acceptors (Lipinski definition) is 2. The summed E-state index contributed by atoms with van der Waals surface area (Å²) >= 11 is 0. The highest BCUT2D eigenvalue weighted by atomic mass is 19.1. The van der Waals surface area contributed by atoms with Gasteiger partial charge in [0, 0.05) is 57.4 Å². The maximum Gasteiger partial charge on any atom is 0.273 e. The van der Waals surface area contributed by atoms with E-state index in [0.29, 0.717) is 0 Å². The normalized spacial score (nSPS) is 14.8. The fourth-order valence-electron chi connectivity index (χ4n) is 8.98. The molecular weight excluding hydrogens is 588 g/mol. The molecule has 3 heterocycles. The van der Waals surface area contributed by atoms with Gasteiger partial charge in [-0.05, 0) is 101 Å². The van der Waals surface area contributed by atoms with Crippen LogP contribution in [-0.2, 0) is 12.5 Å². The van der Waals surface area contributed by atoms with Crippen LogP contribution in [0.2, 0.25) is 0 Å². The Balaban J connectivity index is 1.39. The van der Waals surface area contributed by atoms with Gasteiger partial charge in [-0.1, -0.05) is 86.1 Å². The zero-order chi connectivity index (χ0) is 32.5. The number of para-hydroxylation sites is 1. The van der Waals surface area contributed by atoms with Gasteiger partial charge in [-0.15, -0.1) is 0 Å². The number of anilines is 6. The molecule has 0 radical (unpaired) electrons. The zero-order valence-corrected chi connectivity index (χ0v) is 27.4. The largest absolute Gasteiger partial charge is 0.353 e. The Bertz CT molecular complexity index is 2470. The maximum atomic E-state index is 14.4. The van der Waals surface area contributed by atoms with Crippen molar-refractivity contribution in [3.63, 3.8) is 0 Å². The fraction of sp³-hybridized carbons (Fsp3) is 0.116. The van der Waals surface area contributed by atoms with Gasteiger partial charge in [-0.2, -0.15) is 0 Å². The Morgan fingerprint density at radius 3 is 2.04 bits per heavy atom. The molecule has 0 atom stereocenters. The highest BCUT2D eigenvalue weighted by molar-refractivity contribution is 7.01. The number of nitrogens with zero attached hydrogens (tertiary/aromatic N) is 3. The van der Waals surface area contributed by atoms with Gasteiger partial charge in [-0.3, -0.25) is 0 Å². The van der Waals surface area contributed by atoms with Crippen molar-refractivity contribution in [3.05, 3.63) is 150 Å². The van der Waals surface area contributed by atoms with Crippen LogP contribution < -0.4 is 26.3 Å². The molecule has 3 nitrogen and oxygen atoms in total. The maximum absolute atomic E-state index is 14.4. The lowest BCUT2D eigenvalue weighted by atomic mass is 9.34. The fourth-order valence-corrected chi connectivity index (χ4v) is 8.98. The molecule has 0 bridgehead atoms. The number of halogens is 1. The van der Waals surface area contributed by atoms with Crippen molar-refractivity contribution in [1.82, 2.24) is 4.57 Å². The Morgan fingerprint density at radius 2 is 1.25 bits per heavy atom. The predicted octanol–water partition coefficient (Wildman–Crippen LogP) is 9.01. The first-order chi connectivity index (χ1) is 23.3. The predicted molar refractivity (Wildman–Crippen MR) is 199 cm³/mol. The minimum Gasteiger partial charge on any atom is -0.353 e. The van der Waals surface area contributed by atoms with E-state index in [1.165, 1.54) is 66.6 Å². The minimum atomic E-state index is -0.237. The van der Waals surface area contributed by atoms with Gasteiger partial charge in [0.1, 0.15) is 5.82 Å². The lowest BCUT2D eigenvalue weighted by Gasteiger charge is -2.44. The average Bonchev–Trinajstić information content (AvgIpc) is 3.53. The Morgan fingerprint density at radius 1 is 0.604 bits per heavy atom. The van der Waals surface area contributed by atoms with Gasteiger partial charge < -0.3 is 14.4 Å². The van der Waals surface area contributed by atoms with E-state index >= 15 is 0 Å². The van der Waals surface area contributed by atoms with E-state index in [0.717, 1.165) is 22.7 Å². The van der Waals surface area contributed by atoms with Crippen molar-refractivity contribution in [2.75, 3.05) is 9.80 Å². The molecule has 10 rings (SSSR count).